The number of ether oxygens (including phenoxy) is 3. The summed E-state index contributed by atoms with van der Waals surface area (Å²) in [6.07, 6.45) is 3.44. The van der Waals surface area contributed by atoms with Gasteiger partial charge >= 0.3 is 0 Å². The number of amides is 1. The number of hydrogen-bond acceptors (Lipinski definition) is 5. The van der Waals surface area contributed by atoms with Crippen LogP contribution in [0.5, 0.6) is 17.2 Å². The van der Waals surface area contributed by atoms with Crippen LogP contribution >= 0.6 is 11.6 Å². The van der Waals surface area contributed by atoms with Crippen molar-refractivity contribution in [1.82, 2.24) is 0 Å². The molecule has 0 saturated heterocycles. The van der Waals surface area contributed by atoms with Gasteiger partial charge in [-0.2, -0.15) is 0 Å². The minimum absolute atomic E-state index is 0.0307. The summed E-state index contributed by atoms with van der Waals surface area (Å²) < 4.78 is 17.5. The van der Waals surface area contributed by atoms with Crippen molar-refractivity contribution in [3.63, 3.8) is 0 Å². The zero-order chi connectivity index (χ0) is 20.3. The van der Waals surface area contributed by atoms with Gasteiger partial charge in [-0.05, 0) is 30.5 Å². The quantitative estimate of drug-likeness (QED) is 0.738. The third-order valence-corrected chi connectivity index (χ3v) is 6.58. The van der Waals surface area contributed by atoms with Crippen LogP contribution in [0.4, 0.5) is 5.69 Å². The van der Waals surface area contributed by atoms with Crippen LogP contribution in [-0.4, -0.2) is 38.5 Å². The minimum Gasteiger partial charge on any atom is -0.491 e. The molecule has 6 nitrogen and oxygen atoms in total. The number of carbonyl (C=O) groups excluding carboxylic acids is 1. The van der Waals surface area contributed by atoms with Gasteiger partial charge in [-0.1, -0.05) is 29.8 Å². The Bertz CT molecular complexity index is 1140. The SMILES string of the molecule is O=C1N(CC2=C(Cl)CCC=N2)c2ccccc2C12COc1cc3c(cc12)OCCO3. The van der Waals surface area contributed by atoms with E-state index >= 15 is 0 Å². The Morgan fingerprint density at radius 3 is 2.67 bits per heavy atom. The highest BCUT2D eigenvalue weighted by molar-refractivity contribution is 6.30. The second-order valence-electron chi connectivity index (χ2n) is 7.80. The second-order valence-corrected chi connectivity index (χ2v) is 8.25. The molecule has 152 valence electrons. The van der Waals surface area contributed by atoms with Crippen molar-refractivity contribution in [3.8, 4) is 17.2 Å². The Labute approximate surface area is 178 Å². The maximum Gasteiger partial charge on any atom is 0.246 e. The zero-order valence-electron chi connectivity index (χ0n) is 16.2. The van der Waals surface area contributed by atoms with E-state index in [1.54, 1.807) is 4.90 Å². The number of halogens is 1. The Morgan fingerprint density at radius 2 is 1.83 bits per heavy atom. The summed E-state index contributed by atoms with van der Waals surface area (Å²) in [5.74, 6) is 1.94. The zero-order valence-corrected chi connectivity index (χ0v) is 16.9. The second kappa shape index (κ2) is 6.51. The molecule has 0 aromatic heterocycles. The van der Waals surface area contributed by atoms with Crippen molar-refractivity contribution < 1.29 is 19.0 Å². The van der Waals surface area contributed by atoms with Gasteiger partial charge in [0.2, 0.25) is 5.91 Å². The fraction of sp³-hybridized carbons (Fsp3) is 0.304. The molecule has 0 aliphatic carbocycles. The van der Waals surface area contributed by atoms with Crippen LogP contribution in [0.3, 0.4) is 0 Å². The molecule has 30 heavy (non-hydrogen) atoms. The number of carbonyl (C=O) groups is 1. The number of rotatable bonds is 2. The maximum absolute atomic E-state index is 14.0. The highest BCUT2D eigenvalue weighted by atomic mass is 35.5. The standard InChI is InChI=1S/C23H19ClN2O4/c24-16-5-3-7-25-17(16)12-26-18-6-2-1-4-14(18)23(22(26)27)13-30-19-11-21-20(10-15(19)23)28-8-9-29-21/h1-2,4,6-7,10-11H,3,5,8-9,12-13H2. The van der Waals surface area contributed by atoms with Gasteiger partial charge in [0.25, 0.3) is 0 Å². The van der Waals surface area contributed by atoms with Crippen LogP contribution in [0, 0.1) is 0 Å². The molecule has 0 radical (unpaired) electrons. The lowest BCUT2D eigenvalue weighted by molar-refractivity contribution is -0.122. The van der Waals surface area contributed by atoms with E-state index in [-0.39, 0.29) is 12.5 Å². The van der Waals surface area contributed by atoms with E-state index in [0.29, 0.717) is 42.0 Å². The van der Waals surface area contributed by atoms with Crippen LogP contribution in [0.25, 0.3) is 0 Å². The molecule has 0 saturated carbocycles. The van der Waals surface area contributed by atoms with Crippen LogP contribution in [-0.2, 0) is 10.2 Å². The van der Waals surface area contributed by atoms with Crippen molar-refractivity contribution in [2.75, 3.05) is 31.3 Å². The lowest BCUT2D eigenvalue weighted by Crippen LogP contribution is -2.43. The van der Waals surface area contributed by atoms with Gasteiger partial charge in [-0.3, -0.25) is 9.79 Å². The molecular weight excluding hydrogens is 404 g/mol. The van der Waals surface area contributed by atoms with E-state index < -0.39 is 5.41 Å². The van der Waals surface area contributed by atoms with E-state index in [9.17, 15) is 4.79 Å². The third kappa shape index (κ3) is 2.37. The average molecular weight is 423 g/mol. The van der Waals surface area contributed by atoms with Crippen molar-refractivity contribution in [2.45, 2.75) is 18.3 Å². The van der Waals surface area contributed by atoms with Crippen LogP contribution in [0.1, 0.15) is 24.0 Å². The van der Waals surface area contributed by atoms with Crippen molar-refractivity contribution in [1.29, 1.82) is 0 Å². The van der Waals surface area contributed by atoms with Crippen molar-refractivity contribution in [2.24, 2.45) is 4.99 Å². The number of hydrogen-bond donors (Lipinski definition) is 0. The minimum atomic E-state index is -0.910. The molecular formula is C23H19ClN2O4. The molecule has 1 unspecified atom stereocenters. The van der Waals surface area contributed by atoms with Gasteiger partial charge < -0.3 is 19.1 Å². The number of aliphatic imine (C=N–C) groups is 1. The summed E-state index contributed by atoms with van der Waals surface area (Å²) in [7, 11) is 0. The van der Waals surface area contributed by atoms with Crippen LogP contribution < -0.4 is 19.1 Å². The highest BCUT2D eigenvalue weighted by Gasteiger charge is 2.57. The van der Waals surface area contributed by atoms with Gasteiger partial charge in [0.1, 0.15) is 31.0 Å². The molecule has 1 atom stereocenters. The first-order valence-corrected chi connectivity index (χ1v) is 10.4. The fourth-order valence-electron chi connectivity index (χ4n) is 4.73. The lowest BCUT2D eigenvalue weighted by Gasteiger charge is -2.25. The molecule has 4 aliphatic heterocycles. The Morgan fingerprint density at radius 1 is 1.03 bits per heavy atom. The normalized spacial score (nSPS) is 23.6. The van der Waals surface area contributed by atoms with E-state index in [2.05, 4.69) is 4.99 Å². The molecule has 2 aromatic carbocycles. The highest BCUT2D eigenvalue weighted by Crippen LogP contribution is 2.54. The molecule has 1 spiro atoms. The largest absolute Gasteiger partial charge is 0.491 e. The molecule has 6 rings (SSSR count). The number of nitrogens with zero attached hydrogens (tertiary/aromatic N) is 2. The number of allylic oxidation sites excluding steroid dienone is 1. The number of fused-ring (bicyclic) bond motifs is 5. The smallest absolute Gasteiger partial charge is 0.246 e. The van der Waals surface area contributed by atoms with Gasteiger partial charge in [-0.25, -0.2) is 0 Å². The number of anilines is 1. The number of benzene rings is 2. The number of para-hydroxylation sites is 1. The van der Waals surface area contributed by atoms with Crippen LogP contribution in [0.2, 0.25) is 0 Å². The lowest BCUT2D eigenvalue weighted by atomic mass is 9.77. The molecule has 4 aliphatic rings. The Hall–Kier alpha value is -2.99. The van der Waals surface area contributed by atoms with Crippen LogP contribution in [0.15, 0.2) is 52.1 Å². The summed E-state index contributed by atoms with van der Waals surface area (Å²) in [5.41, 5.74) is 2.45. The predicted octanol–water partition coefficient (Wildman–Crippen LogP) is 3.80. The summed E-state index contributed by atoms with van der Waals surface area (Å²) in [5, 5.41) is 0.714. The summed E-state index contributed by atoms with van der Waals surface area (Å²) in [6, 6.07) is 11.6. The topological polar surface area (TPSA) is 60.4 Å². The van der Waals surface area contributed by atoms with E-state index in [1.165, 1.54) is 0 Å². The molecule has 0 fully saturated rings. The average Bonchev–Trinajstić information content (AvgIpc) is 3.26. The molecule has 1 amide bonds. The predicted molar refractivity (Wildman–Crippen MR) is 113 cm³/mol. The molecule has 4 heterocycles. The third-order valence-electron chi connectivity index (χ3n) is 6.17. The molecule has 0 N–H and O–H groups in total. The molecule has 0 bridgehead atoms. The Balaban J connectivity index is 1.49. The van der Waals surface area contributed by atoms with Gasteiger partial charge in [-0.15, -0.1) is 0 Å². The first kappa shape index (κ1) is 17.8. The van der Waals surface area contributed by atoms with Gasteiger partial charge in [0, 0.05) is 28.6 Å². The summed E-state index contributed by atoms with van der Waals surface area (Å²) in [6.45, 7) is 1.57. The van der Waals surface area contributed by atoms with E-state index in [1.807, 2.05) is 42.6 Å². The fourth-order valence-corrected chi connectivity index (χ4v) is 4.94. The van der Waals surface area contributed by atoms with E-state index in [0.717, 1.165) is 35.4 Å². The summed E-state index contributed by atoms with van der Waals surface area (Å²) >= 11 is 6.42. The summed E-state index contributed by atoms with van der Waals surface area (Å²) in [4.78, 5) is 20.2. The van der Waals surface area contributed by atoms with Gasteiger partial charge in [0.05, 0.1) is 12.2 Å². The van der Waals surface area contributed by atoms with E-state index in [4.69, 9.17) is 25.8 Å². The maximum atomic E-state index is 14.0. The van der Waals surface area contributed by atoms with Gasteiger partial charge in [0.15, 0.2) is 11.5 Å². The van der Waals surface area contributed by atoms with Crippen molar-refractivity contribution >= 4 is 29.4 Å². The molecule has 2 aromatic rings. The Kier molecular flexibility index (Phi) is 3.87. The monoisotopic (exact) mass is 422 g/mol. The molecule has 7 heteroatoms. The first-order valence-electron chi connectivity index (χ1n) is 10.1. The first-order chi connectivity index (χ1) is 14.7. The van der Waals surface area contributed by atoms with Crippen molar-refractivity contribution in [3.05, 3.63) is 58.3 Å².